The van der Waals surface area contributed by atoms with Gasteiger partial charge in [0.05, 0.1) is 22.8 Å². The molecule has 2 heterocycles. The number of nitrogens with two attached hydrogens (primary N) is 1. The third-order valence-corrected chi connectivity index (χ3v) is 3.83. The van der Waals surface area contributed by atoms with Crippen LogP contribution in [0.2, 0.25) is 0 Å². The number of H-pyrrole nitrogens is 1. The fourth-order valence-electron chi connectivity index (χ4n) is 2.68. The van der Waals surface area contributed by atoms with Crippen LogP contribution >= 0.6 is 24.8 Å². The number of nitrogens with zero attached hydrogens (tertiary/aromatic N) is 2. The average molecular weight is 401 g/mol. The van der Waals surface area contributed by atoms with Gasteiger partial charge in [0.15, 0.2) is 0 Å². The number of imidazole rings is 1. The molecule has 0 atom stereocenters. The standard InChI is InChI=1S/C20H16N4O.2ClH/c21-10-9-18-23-17-6-2-4-15(19(17)24-18)8-7-14-3-1-5-16(13-14)20-22-11-12-25-20;;/h1-6,11-13H,9-10,21H2,(H,23,24);2*1H. The van der Waals surface area contributed by atoms with Crippen LogP contribution in [-0.4, -0.2) is 21.5 Å². The molecule has 138 valence electrons. The summed E-state index contributed by atoms with van der Waals surface area (Å²) >= 11 is 0. The lowest BCUT2D eigenvalue weighted by molar-refractivity contribution is 0.574. The van der Waals surface area contributed by atoms with Gasteiger partial charge in [-0.05, 0) is 36.9 Å². The summed E-state index contributed by atoms with van der Waals surface area (Å²) in [4.78, 5) is 12.0. The van der Waals surface area contributed by atoms with E-state index in [0.29, 0.717) is 12.4 Å². The van der Waals surface area contributed by atoms with E-state index in [2.05, 4.69) is 26.8 Å². The van der Waals surface area contributed by atoms with Gasteiger partial charge in [-0.1, -0.05) is 24.0 Å². The highest BCUT2D eigenvalue weighted by Gasteiger charge is 2.05. The Labute approximate surface area is 169 Å². The molecule has 0 aliphatic heterocycles. The Balaban J connectivity index is 0.00000131. The largest absolute Gasteiger partial charge is 0.445 e. The fourth-order valence-corrected chi connectivity index (χ4v) is 2.68. The molecule has 0 radical (unpaired) electrons. The number of halogens is 2. The van der Waals surface area contributed by atoms with Gasteiger partial charge in [-0.15, -0.1) is 24.8 Å². The van der Waals surface area contributed by atoms with Gasteiger partial charge in [0.2, 0.25) is 5.89 Å². The second-order valence-corrected chi connectivity index (χ2v) is 5.59. The SMILES string of the molecule is Cl.Cl.NCCc1nc2cccc(C#Cc3cccc(-c4ncco4)c3)c2[nH]1. The Morgan fingerprint density at radius 3 is 2.70 bits per heavy atom. The molecule has 0 bridgehead atoms. The van der Waals surface area contributed by atoms with Crippen LogP contribution in [-0.2, 0) is 6.42 Å². The topological polar surface area (TPSA) is 80.7 Å². The monoisotopic (exact) mass is 400 g/mol. The van der Waals surface area contributed by atoms with E-state index >= 15 is 0 Å². The molecule has 0 spiro atoms. The van der Waals surface area contributed by atoms with Crippen LogP contribution in [0.1, 0.15) is 17.0 Å². The van der Waals surface area contributed by atoms with Crippen molar-refractivity contribution in [2.24, 2.45) is 5.73 Å². The molecule has 5 nitrogen and oxygen atoms in total. The Morgan fingerprint density at radius 1 is 1.07 bits per heavy atom. The predicted molar refractivity (Wildman–Crippen MR) is 111 cm³/mol. The number of hydrogen-bond donors (Lipinski definition) is 2. The Hall–Kier alpha value is -2.78. The number of benzene rings is 2. The highest BCUT2D eigenvalue weighted by atomic mass is 35.5. The highest BCUT2D eigenvalue weighted by molar-refractivity contribution is 5.85. The smallest absolute Gasteiger partial charge is 0.225 e. The summed E-state index contributed by atoms with van der Waals surface area (Å²) in [5, 5.41) is 0. The minimum atomic E-state index is 0. The van der Waals surface area contributed by atoms with Gasteiger partial charge in [-0.2, -0.15) is 0 Å². The van der Waals surface area contributed by atoms with E-state index in [-0.39, 0.29) is 24.8 Å². The number of para-hydroxylation sites is 1. The van der Waals surface area contributed by atoms with E-state index in [0.717, 1.165) is 40.0 Å². The minimum Gasteiger partial charge on any atom is -0.445 e. The van der Waals surface area contributed by atoms with Crippen molar-refractivity contribution in [1.82, 2.24) is 15.0 Å². The zero-order chi connectivity index (χ0) is 17.1. The number of aromatic nitrogens is 3. The van der Waals surface area contributed by atoms with Gasteiger partial charge >= 0.3 is 0 Å². The molecule has 2 aromatic carbocycles. The lowest BCUT2D eigenvalue weighted by Gasteiger charge is -1.96. The van der Waals surface area contributed by atoms with Crippen LogP contribution in [0.4, 0.5) is 0 Å². The number of fused-ring (bicyclic) bond motifs is 1. The zero-order valence-corrected chi connectivity index (χ0v) is 15.9. The normalized spacial score (nSPS) is 9.81. The number of rotatable bonds is 3. The molecule has 27 heavy (non-hydrogen) atoms. The van der Waals surface area contributed by atoms with E-state index in [1.165, 1.54) is 0 Å². The van der Waals surface area contributed by atoms with E-state index in [4.69, 9.17) is 10.2 Å². The van der Waals surface area contributed by atoms with Crippen LogP contribution in [0.15, 0.2) is 59.3 Å². The average Bonchev–Trinajstić information content (AvgIpc) is 3.30. The van der Waals surface area contributed by atoms with Crippen molar-refractivity contribution >= 4 is 35.8 Å². The summed E-state index contributed by atoms with van der Waals surface area (Å²) < 4.78 is 5.34. The van der Waals surface area contributed by atoms with Gasteiger partial charge in [-0.25, -0.2) is 9.97 Å². The molecule has 0 saturated carbocycles. The maximum atomic E-state index is 5.61. The van der Waals surface area contributed by atoms with Gasteiger partial charge < -0.3 is 15.1 Å². The molecule has 7 heteroatoms. The third kappa shape index (κ3) is 4.50. The molecule has 0 aliphatic rings. The third-order valence-electron chi connectivity index (χ3n) is 3.83. The van der Waals surface area contributed by atoms with Gasteiger partial charge in [0.25, 0.3) is 0 Å². The quantitative estimate of drug-likeness (QED) is 0.509. The minimum absolute atomic E-state index is 0. The first-order valence-corrected chi connectivity index (χ1v) is 8.03. The van der Waals surface area contributed by atoms with Crippen LogP contribution in [0, 0.1) is 11.8 Å². The summed E-state index contributed by atoms with van der Waals surface area (Å²) in [6, 6.07) is 13.7. The van der Waals surface area contributed by atoms with Gasteiger partial charge in [0.1, 0.15) is 12.1 Å². The molecule has 0 saturated heterocycles. The van der Waals surface area contributed by atoms with Crippen LogP contribution in [0.5, 0.6) is 0 Å². The van der Waals surface area contributed by atoms with E-state index < -0.39 is 0 Å². The van der Waals surface area contributed by atoms with Crippen LogP contribution in [0.25, 0.3) is 22.5 Å². The summed E-state index contributed by atoms with van der Waals surface area (Å²) in [5.74, 6) is 7.91. The second-order valence-electron chi connectivity index (χ2n) is 5.59. The molecule has 4 aromatic rings. The number of aromatic amines is 1. The Kier molecular flexibility index (Phi) is 7.03. The molecule has 4 rings (SSSR count). The lowest BCUT2D eigenvalue weighted by Crippen LogP contribution is -2.03. The molecule has 0 fully saturated rings. The predicted octanol–water partition coefficient (Wildman–Crippen LogP) is 3.96. The number of oxazole rings is 1. The van der Waals surface area contributed by atoms with Crippen molar-refractivity contribution < 1.29 is 4.42 Å². The van der Waals surface area contributed by atoms with Crippen molar-refractivity contribution in [1.29, 1.82) is 0 Å². The zero-order valence-electron chi connectivity index (χ0n) is 14.3. The summed E-state index contributed by atoms with van der Waals surface area (Å²) in [6.07, 6.45) is 3.91. The van der Waals surface area contributed by atoms with Crippen LogP contribution < -0.4 is 5.73 Å². The van der Waals surface area contributed by atoms with Crippen molar-refractivity contribution in [3.05, 3.63) is 71.9 Å². The Morgan fingerprint density at radius 2 is 1.93 bits per heavy atom. The number of hydrogen-bond acceptors (Lipinski definition) is 4. The first-order valence-electron chi connectivity index (χ1n) is 8.03. The van der Waals surface area contributed by atoms with Crippen molar-refractivity contribution in [2.45, 2.75) is 6.42 Å². The first kappa shape index (κ1) is 20.5. The molecule has 0 aliphatic carbocycles. The van der Waals surface area contributed by atoms with Crippen molar-refractivity contribution in [3.63, 3.8) is 0 Å². The van der Waals surface area contributed by atoms with Gasteiger partial charge in [-0.3, -0.25) is 0 Å². The summed E-state index contributed by atoms with van der Waals surface area (Å²) in [5.41, 5.74) is 10.2. The molecule has 0 unspecified atom stereocenters. The van der Waals surface area contributed by atoms with Crippen molar-refractivity contribution in [3.8, 4) is 23.3 Å². The fraction of sp³-hybridized carbons (Fsp3) is 0.100. The van der Waals surface area contributed by atoms with E-state index in [1.54, 1.807) is 12.5 Å². The first-order chi connectivity index (χ1) is 12.3. The maximum absolute atomic E-state index is 5.61. The lowest BCUT2D eigenvalue weighted by atomic mass is 10.1. The van der Waals surface area contributed by atoms with E-state index in [9.17, 15) is 0 Å². The maximum Gasteiger partial charge on any atom is 0.225 e. The van der Waals surface area contributed by atoms with Gasteiger partial charge in [0, 0.05) is 17.5 Å². The number of nitrogens with one attached hydrogen (secondary N) is 1. The summed E-state index contributed by atoms with van der Waals surface area (Å²) in [7, 11) is 0. The van der Waals surface area contributed by atoms with Crippen molar-refractivity contribution in [2.75, 3.05) is 6.54 Å². The summed E-state index contributed by atoms with van der Waals surface area (Å²) in [6.45, 7) is 0.564. The van der Waals surface area contributed by atoms with E-state index in [1.807, 2.05) is 42.5 Å². The Bertz CT molecular complexity index is 1080. The molecule has 0 amide bonds. The van der Waals surface area contributed by atoms with Crippen LogP contribution in [0.3, 0.4) is 0 Å². The highest BCUT2D eigenvalue weighted by Crippen LogP contribution is 2.19. The second kappa shape index (κ2) is 9.24. The molecular formula is C20H18Cl2N4O. The molecule has 2 aromatic heterocycles. The molecule has 3 N–H and O–H groups in total. The molecular weight excluding hydrogens is 383 g/mol.